The van der Waals surface area contributed by atoms with Gasteiger partial charge in [0.1, 0.15) is 5.82 Å². The maximum atomic E-state index is 13.2. The maximum Gasteiger partial charge on any atom is 0.254 e. The normalized spacial score (nSPS) is 17.0. The van der Waals surface area contributed by atoms with Crippen LogP contribution >= 0.6 is 0 Å². The topological polar surface area (TPSA) is 38.1 Å². The number of carbonyl (C=O) groups is 1. The molecule has 1 aromatic heterocycles. The summed E-state index contributed by atoms with van der Waals surface area (Å²) in [5.41, 5.74) is 2.62. The molecule has 2 aromatic carbocycles. The van der Waals surface area contributed by atoms with Crippen LogP contribution < -0.4 is 0 Å². The number of imidazole rings is 1. The molecule has 1 saturated heterocycles. The molecule has 1 unspecified atom stereocenters. The van der Waals surface area contributed by atoms with Crippen LogP contribution in [-0.2, 0) is 0 Å². The lowest BCUT2D eigenvalue weighted by atomic mass is 10.0. The summed E-state index contributed by atoms with van der Waals surface area (Å²) in [5, 5.41) is 0. The number of aromatic nitrogens is 2. The van der Waals surface area contributed by atoms with Crippen molar-refractivity contribution < 1.29 is 9.18 Å². The van der Waals surface area contributed by atoms with Crippen LogP contribution in [-0.4, -0.2) is 26.9 Å². The summed E-state index contributed by atoms with van der Waals surface area (Å²) in [7, 11) is 0. The van der Waals surface area contributed by atoms with Crippen molar-refractivity contribution in [3.63, 3.8) is 0 Å². The van der Waals surface area contributed by atoms with Crippen molar-refractivity contribution in [2.45, 2.75) is 18.9 Å². The lowest BCUT2D eigenvalue weighted by molar-refractivity contribution is 0.0735. The first-order chi connectivity index (χ1) is 12.2. The first-order valence-corrected chi connectivity index (χ1v) is 8.37. The molecule has 1 fully saturated rings. The minimum atomic E-state index is -0.255. The Kier molecular flexibility index (Phi) is 4.06. The number of hydrogen-bond acceptors (Lipinski definition) is 2. The maximum absolute atomic E-state index is 13.2. The molecule has 5 heteroatoms. The Morgan fingerprint density at radius 3 is 2.52 bits per heavy atom. The number of carbonyl (C=O) groups excluding carboxylic acids is 1. The van der Waals surface area contributed by atoms with Crippen LogP contribution in [0.1, 0.15) is 34.8 Å². The van der Waals surface area contributed by atoms with Crippen molar-refractivity contribution in [1.29, 1.82) is 0 Å². The van der Waals surface area contributed by atoms with Gasteiger partial charge >= 0.3 is 0 Å². The van der Waals surface area contributed by atoms with E-state index in [1.54, 1.807) is 24.7 Å². The second kappa shape index (κ2) is 6.51. The van der Waals surface area contributed by atoms with Gasteiger partial charge in [0, 0.05) is 30.2 Å². The minimum absolute atomic E-state index is 0.0152. The number of rotatable bonds is 3. The van der Waals surface area contributed by atoms with E-state index >= 15 is 0 Å². The summed E-state index contributed by atoms with van der Waals surface area (Å²) >= 11 is 0. The molecule has 25 heavy (non-hydrogen) atoms. The molecule has 2 heterocycles. The Bertz CT molecular complexity index is 857. The molecule has 0 bridgehead atoms. The fourth-order valence-electron chi connectivity index (χ4n) is 3.40. The molecule has 1 atom stereocenters. The largest absolute Gasteiger partial charge is 0.332 e. The molecule has 1 aliphatic heterocycles. The van der Waals surface area contributed by atoms with Gasteiger partial charge in [0.2, 0.25) is 0 Å². The zero-order valence-corrected chi connectivity index (χ0v) is 13.7. The van der Waals surface area contributed by atoms with Crippen molar-refractivity contribution in [3.8, 4) is 5.69 Å². The minimum Gasteiger partial charge on any atom is -0.332 e. The van der Waals surface area contributed by atoms with E-state index in [-0.39, 0.29) is 17.8 Å². The molecule has 0 spiro atoms. The molecule has 4 rings (SSSR count). The molecule has 0 saturated carbocycles. The summed E-state index contributed by atoms with van der Waals surface area (Å²) in [6.07, 6.45) is 7.17. The van der Waals surface area contributed by atoms with Gasteiger partial charge in [-0.2, -0.15) is 0 Å². The smallest absolute Gasteiger partial charge is 0.254 e. The van der Waals surface area contributed by atoms with Crippen LogP contribution in [0.2, 0.25) is 0 Å². The molecule has 0 radical (unpaired) electrons. The van der Waals surface area contributed by atoms with E-state index in [2.05, 4.69) is 4.98 Å². The number of nitrogens with zero attached hydrogens (tertiary/aromatic N) is 3. The zero-order valence-electron chi connectivity index (χ0n) is 13.7. The Morgan fingerprint density at radius 1 is 1.08 bits per heavy atom. The summed E-state index contributed by atoms with van der Waals surface area (Å²) in [5.74, 6) is -0.237. The molecule has 1 aliphatic rings. The first-order valence-electron chi connectivity index (χ1n) is 8.37. The summed E-state index contributed by atoms with van der Waals surface area (Å²) < 4.78 is 15.1. The summed E-state index contributed by atoms with van der Waals surface area (Å²) in [6, 6.07) is 14.0. The Balaban J connectivity index is 1.56. The van der Waals surface area contributed by atoms with Crippen LogP contribution in [0, 0.1) is 5.82 Å². The third kappa shape index (κ3) is 3.05. The van der Waals surface area contributed by atoms with Gasteiger partial charge < -0.3 is 9.47 Å². The van der Waals surface area contributed by atoms with Gasteiger partial charge in [-0.25, -0.2) is 9.37 Å². The van der Waals surface area contributed by atoms with E-state index in [9.17, 15) is 9.18 Å². The van der Waals surface area contributed by atoms with Crippen molar-refractivity contribution in [2.24, 2.45) is 0 Å². The van der Waals surface area contributed by atoms with Gasteiger partial charge in [-0.15, -0.1) is 0 Å². The van der Waals surface area contributed by atoms with E-state index in [0.29, 0.717) is 5.56 Å². The third-order valence-electron chi connectivity index (χ3n) is 4.69. The highest BCUT2D eigenvalue weighted by Crippen LogP contribution is 2.33. The van der Waals surface area contributed by atoms with Gasteiger partial charge in [0.05, 0.1) is 12.4 Å². The highest BCUT2D eigenvalue weighted by Gasteiger charge is 2.30. The zero-order chi connectivity index (χ0) is 17.2. The molecular formula is C20H18FN3O. The van der Waals surface area contributed by atoms with Crippen molar-refractivity contribution in [3.05, 3.63) is 84.2 Å². The predicted octanol–water partition coefficient (Wildman–Crippen LogP) is 3.99. The van der Waals surface area contributed by atoms with E-state index < -0.39 is 0 Å². The van der Waals surface area contributed by atoms with Gasteiger partial charge in [0.15, 0.2) is 0 Å². The fraction of sp³-hybridized carbons (Fsp3) is 0.200. The van der Waals surface area contributed by atoms with E-state index in [1.165, 1.54) is 12.1 Å². The monoisotopic (exact) mass is 335 g/mol. The first kappa shape index (κ1) is 15.6. The number of benzene rings is 2. The second-order valence-corrected chi connectivity index (χ2v) is 6.22. The van der Waals surface area contributed by atoms with Crippen LogP contribution in [0.15, 0.2) is 67.3 Å². The van der Waals surface area contributed by atoms with Gasteiger partial charge in [0.25, 0.3) is 5.91 Å². The number of hydrogen-bond donors (Lipinski definition) is 0. The molecule has 0 N–H and O–H groups in total. The highest BCUT2D eigenvalue weighted by molar-refractivity contribution is 5.94. The standard InChI is InChI=1S/C20H18FN3O/c21-17-7-3-15(4-8-17)19-2-1-12-24(19)20(25)16-5-9-18(10-6-16)23-13-11-22-14-23/h3-11,13-14,19H,1-2,12H2. The van der Waals surface area contributed by atoms with Gasteiger partial charge in [-0.1, -0.05) is 12.1 Å². The summed E-state index contributed by atoms with van der Waals surface area (Å²) in [6.45, 7) is 0.726. The van der Waals surface area contributed by atoms with Crippen LogP contribution in [0.3, 0.4) is 0 Å². The average molecular weight is 335 g/mol. The average Bonchev–Trinajstić information content (AvgIpc) is 3.34. The third-order valence-corrected chi connectivity index (χ3v) is 4.69. The Morgan fingerprint density at radius 2 is 1.84 bits per heavy atom. The van der Waals surface area contributed by atoms with Crippen LogP contribution in [0.25, 0.3) is 5.69 Å². The number of amides is 1. The molecule has 126 valence electrons. The quantitative estimate of drug-likeness (QED) is 0.726. The van der Waals surface area contributed by atoms with E-state index in [4.69, 9.17) is 0 Å². The predicted molar refractivity (Wildman–Crippen MR) is 93.0 cm³/mol. The van der Waals surface area contributed by atoms with Crippen molar-refractivity contribution in [1.82, 2.24) is 14.5 Å². The lowest BCUT2D eigenvalue weighted by Crippen LogP contribution is -2.30. The van der Waals surface area contributed by atoms with E-state index in [0.717, 1.165) is 30.6 Å². The van der Waals surface area contributed by atoms with Gasteiger partial charge in [-0.05, 0) is 54.8 Å². The number of halogens is 1. The summed E-state index contributed by atoms with van der Waals surface area (Å²) in [4.78, 5) is 18.8. The highest BCUT2D eigenvalue weighted by atomic mass is 19.1. The molecule has 3 aromatic rings. The van der Waals surface area contributed by atoms with Gasteiger partial charge in [-0.3, -0.25) is 4.79 Å². The van der Waals surface area contributed by atoms with E-state index in [1.807, 2.05) is 39.9 Å². The van der Waals surface area contributed by atoms with Crippen molar-refractivity contribution >= 4 is 5.91 Å². The van der Waals surface area contributed by atoms with Crippen LogP contribution in [0.4, 0.5) is 4.39 Å². The van der Waals surface area contributed by atoms with Crippen LogP contribution in [0.5, 0.6) is 0 Å². The molecule has 4 nitrogen and oxygen atoms in total. The molecular weight excluding hydrogens is 317 g/mol. The number of likely N-dealkylation sites (tertiary alicyclic amines) is 1. The second-order valence-electron chi connectivity index (χ2n) is 6.22. The lowest BCUT2D eigenvalue weighted by Gasteiger charge is -2.25. The SMILES string of the molecule is O=C(c1ccc(-n2ccnc2)cc1)N1CCCC1c1ccc(F)cc1. The fourth-order valence-corrected chi connectivity index (χ4v) is 3.40. The molecule has 0 aliphatic carbocycles. The molecule has 1 amide bonds. The Labute approximate surface area is 145 Å². The van der Waals surface area contributed by atoms with Crippen molar-refractivity contribution in [2.75, 3.05) is 6.54 Å². The Hall–Kier alpha value is -2.95.